The Morgan fingerprint density at radius 2 is 2.04 bits per heavy atom. The van der Waals surface area contributed by atoms with Crippen LogP contribution in [0.15, 0.2) is 40.7 Å². The second-order valence-electron chi connectivity index (χ2n) is 7.92. The SMILES string of the molecule is CCCSc1nc2n(n1)C(c1ccc(Cl)cc1)C1=C(CC(C)(C)CC1=O)N2. The maximum Gasteiger partial charge on any atom is 0.227 e. The van der Waals surface area contributed by atoms with E-state index in [-0.39, 0.29) is 17.2 Å². The first-order valence-electron chi connectivity index (χ1n) is 9.26. The van der Waals surface area contributed by atoms with Gasteiger partial charge in [0, 0.05) is 28.5 Å². The average Bonchev–Trinajstić information content (AvgIpc) is 3.00. The number of nitrogens with zero attached hydrogens (tertiary/aromatic N) is 3. The molecule has 1 atom stereocenters. The summed E-state index contributed by atoms with van der Waals surface area (Å²) in [6.45, 7) is 6.41. The molecular weight excluding hydrogens is 380 g/mol. The minimum atomic E-state index is -0.263. The zero-order valence-corrected chi connectivity index (χ0v) is 17.3. The van der Waals surface area contributed by atoms with E-state index in [4.69, 9.17) is 16.7 Å². The number of hydrogen-bond donors (Lipinski definition) is 1. The van der Waals surface area contributed by atoms with Crippen LogP contribution in [-0.4, -0.2) is 26.3 Å². The Morgan fingerprint density at radius 3 is 2.74 bits per heavy atom. The van der Waals surface area contributed by atoms with E-state index in [0.717, 1.165) is 40.6 Å². The van der Waals surface area contributed by atoms with Crippen molar-refractivity contribution in [3.8, 4) is 0 Å². The van der Waals surface area contributed by atoms with E-state index in [9.17, 15) is 4.79 Å². The van der Waals surface area contributed by atoms with Gasteiger partial charge in [-0.3, -0.25) is 4.79 Å². The number of nitrogens with one attached hydrogen (secondary N) is 1. The van der Waals surface area contributed by atoms with E-state index in [1.165, 1.54) is 0 Å². The average molecular weight is 403 g/mol. The molecule has 0 spiro atoms. The van der Waals surface area contributed by atoms with Crippen molar-refractivity contribution < 1.29 is 4.79 Å². The third-order valence-electron chi connectivity index (χ3n) is 4.93. The Balaban J connectivity index is 1.83. The molecule has 2 aliphatic rings. The van der Waals surface area contributed by atoms with Gasteiger partial charge in [0.2, 0.25) is 11.1 Å². The lowest BCUT2D eigenvalue weighted by Crippen LogP contribution is -2.36. The van der Waals surface area contributed by atoms with Crippen molar-refractivity contribution in [1.29, 1.82) is 0 Å². The summed E-state index contributed by atoms with van der Waals surface area (Å²) in [5, 5.41) is 9.54. The minimum Gasteiger partial charge on any atom is -0.328 e. The van der Waals surface area contributed by atoms with E-state index < -0.39 is 0 Å². The van der Waals surface area contributed by atoms with E-state index in [2.05, 4.69) is 31.1 Å². The summed E-state index contributed by atoms with van der Waals surface area (Å²) in [4.78, 5) is 17.8. The number of anilines is 1. The number of allylic oxidation sites excluding steroid dienone is 2. The molecule has 0 fully saturated rings. The molecule has 1 aliphatic carbocycles. The lowest BCUT2D eigenvalue weighted by molar-refractivity contribution is -0.118. The number of Topliss-reactive ketones (excluding diaryl/α,β-unsaturated/α-hetero) is 1. The minimum absolute atomic E-state index is 0.0601. The van der Waals surface area contributed by atoms with Gasteiger partial charge in [0.25, 0.3) is 0 Å². The highest BCUT2D eigenvalue weighted by molar-refractivity contribution is 7.99. The third-order valence-corrected chi connectivity index (χ3v) is 6.23. The lowest BCUT2D eigenvalue weighted by Gasteiger charge is -2.38. The summed E-state index contributed by atoms with van der Waals surface area (Å²) in [5.74, 6) is 1.85. The van der Waals surface area contributed by atoms with E-state index >= 15 is 0 Å². The molecule has 7 heteroatoms. The molecule has 1 aliphatic heterocycles. The quantitative estimate of drug-likeness (QED) is 0.721. The topological polar surface area (TPSA) is 59.8 Å². The van der Waals surface area contributed by atoms with Crippen molar-refractivity contribution in [2.75, 3.05) is 11.1 Å². The third kappa shape index (κ3) is 3.52. The first kappa shape index (κ1) is 18.6. The predicted molar refractivity (Wildman–Crippen MR) is 109 cm³/mol. The fourth-order valence-electron chi connectivity index (χ4n) is 3.80. The summed E-state index contributed by atoms with van der Waals surface area (Å²) in [6, 6.07) is 7.40. The molecule has 2 heterocycles. The number of hydrogen-bond acceptors (Lipinski definition) is 5. The molecule has 1 unspecified atom stereocenters. The molecule has 0 bridgehead atoms. The number of ketones is 1. The second-order valence-corrected chi connectivity index (χ2v) is 9.42. The Hall–Kier alpha value is -1.79. The van der Waals surface area contributed by atoms with Crippen molar-refractivity contribution in [2.45, 2.75) is 51.2 Å². The van der Waals surface area contributed by atoms with Crippen LogP contribution in [-0.2, 0) is 4.79 Å². The predicted octanol–water partition coefficient (Wildman–Crippen LogP) is 5.09. The summed E-state index contributed by atoms with van der Waals surface area (Å²) in [5.41, 5.74) is 2.72. The number of rotatable bonds is 4. The number of carbonyl (C=O) groups is 1. The fourth-order valence-corrected chi connectivity index (χ4v) is 4.61. The van der Waals surface area contributed by atoms with Crippen LogP contribution in [0, 0.1) is 5.41 Å². The Bertz CT molecular complexity index is 917. The van der Waals surface area contributed by atoms with Gasteiger partial charge in [-0.1, -0.05) is 56.3 Å². The van der Waals surface area contributed by atoms with Crippen LogP contribution in [0.3, 0.4) is 0 Å². The smallest absolute Gasteiger partial charge is 0.227 e. The molecule has 1 aromatic heterocycles. The molecule has 1 N–H and O–H groups in total. The number of thioether (sulfide) groups is 1. The van der Waals surface area contributed by atoms with Crippen LogP contribution in [0.25, 0.3) is 0 Å². The summed E-state index contributed by atoms with van der Waals surface area (Å²) in [7, 11) is 0. The van der Waals surface area contributed by atoms with Gasteiger partial charge in [-0.15, -0.1) is 5.10 Å². The zero-order valence-electron chi connectivity index (χ0n) is 15.8. The Morgan fingerprint density at radius 1 is 1.30 bits per heavy atom. The first-order chi connectivity index (χ1) is 12.9. The van der Waals surface area contributed by atoms with Gasteiger partial charge >= 0.3 is 0 Å². The molecule has 0 saturated heterocycles. The van der Waals surface area contributed by atoms with Gasteiger partial charge in [-0.2, -0.15) is 4.98 Å². The zero-order chi connectivity index (χ0) is 19.2. The number of fused-ring (bicyclic) bond motifs is 1. The van der Waals surface area contributed by atoms with Gasteiger partial charge in [0.15, 0.2) is 5.78 Å². The molecule has 5 nitrogen and oxygen atoms in total. The maximum absolute atomic E-state index is 13.1. The molecule has 1 aromatic carbocycles. The normalized spacial score (nSPS) is 20.9. The number of aromatic nitrogens is 3. The monoisotopic (exact) mass is 402 g/mol. The summed E-state index contributed by atoms with van der Waals surface area (Å²) >= 11 is 7.73. The van der Waals surface area contributed by atoms with E-state index in [1.54, 1.807) is 11.8 Å². The largest absolute Gasteiger partial charge is 0.328 e. The lowest BCUT2D eigenvalue weighted by atomic mass is 9.73. The van der Waals surface area contributed by atoms with Crippen molar-refractivity contribution in [3.63, 3.8) is 0 Å². The molecule has 0 saturated carbocycles. The van der Waals surface area contributed by atoms with Gasteiger partial charge in [-0.25, -0.2) is 4.68 Å². The molecule has 2 aromatic rings. The van der Waals surface area contributed by atoms with Gasteiger partial charge in [0.1, 0.15) is 6.04 Å². The van der Waals surface area contributed by atoms with Gasteiger partial charge < -0.3 is 5.32 Å². The number of carbonyl (C=O) groups excluding carboxylic acids is 1. The van der Waals surface area contributed by atoms with Gasteiger partial charge in [-0.05, 0) is 36.0 Å². The molecule has 0 radical (unpaired) electrons. The van der Waals surface area contributed by atoms with Gasteiger partial charge in [0.05, 0.1) is 0 Å². The van der Waals surface area contributed by atoms with Crippen LogP contribution in [0.5, 0.6) is 0 Å². The summed E-state index contributed by atoms with van der Waals surface area (Å²) < 4.78 is 1.86. The van der Waals surface area contributed by atoms with Crippen LogP contribution in [0.2, 0.25) is 5.02 Å². The first-order valence-corrected chi connectivity index (χ1v) is 10.6. The molecule has 27 heavy (non-hydrogen) atoms. The fraction of sp³-hybridized carbons (Fsp3) is 0.450. The van der Waals surface area contributed by atoms with Crippen LogP contribution in [0.1, 0.15) is 51.6 Å². The molecule has 0 amide bonds. The molecule has 142 valence electrons. The molecular formula is C20H23ClN4OS. The van der Waals surface area contributed by atoms with Crippen molar-refractivity contribution in [3.05, 3.63) is 46.1 Å². The van der Waals surface area contributed by atoms with E-state index in [1.807, 2.05) is 28.9 Å². The van der Waals surface area contributed by atoms with Crippen LogP contribution < -0.4 is 5.32 Å². The van der Waals surface area contributed by atoms with Crippen molar-refractivity contribution in [2.24, 2.45) is 5.41 Å². The van der Waals surface area contributed by atoms with Crippen molar-refractivity contribution in [1.82, 2.24) is 14.8 Å². The summed E-state index contributed by atoms with van der Waals surface area (Å²) in [6.07, 6.45) is 2.42. The molecule has 4 rings (SSSR count). The highest BCUT2D eigenvalue weighted by Gasteiger charge is 2.41. The Kier molecular flexibility index (Phi) is 4.80. The van der Waals surface area contributed by atoms with E-state index in [0.29, 0.717) is 17.4 Å². The number of halogens is 1. The van der Waals surface area contributed by atoms with Crippen LogP contribution in [0.4, 0.5) is 5.95 Å². The van der Waals surface area contributed by atoms with Crippen LogP contribution >= 0.6 is 23.4 Å². The number of benzene rings is 1. The standard InChI is InChI=1S/C20H23ClN4OS/c1-4-9-27-19-23-18-22-14-10-20(2,3)11-15(26)16(14)17(25(18)24-19)12-5-7-13(21)8-6-12/h5-8,17H,4,9-11H2,1-3H3,(H,22,23,24). The highest BCUT2D eigenvalue weighted by Crippen LogP contribution is 2.45. The van der Waals surface area contributed by atoms with Crippen molar-refractivity contribution >= 4 is 35.1 Å². The highest BCUT2D eigenvalue weighted by atomic mass is 35.5. The second kappa shape index (κ2) is 6.99. The Labute approximate surface area is 168 Å². The maximum atomic E-state index is 13.1.